The van der Waals surface area contributed by atoms with E-state index in [2.05, 4.69) is 5.16 Å². The first-order chi connectivity index (χ1) is 9.05. The van der Waals surface area contributed by atoms with Crippen LogP contribution in [0.2, 0.25) is 0 Å². The van der Waals surface area contributed by atoms with E-state index in [4.69, 9.17) is 5.21 Å². The van der Waals surface area contributed by atoms with Gasteiger partial charge in [0.15, 0.2) is 0 Å². The van der Waals surface area contributed by atoms with Gasteiger partial charge in [0.2, 0.25) is 9.84 Å². The molecule has 0 atom stereocenters. The van der Waals surface area contributed by atoms with Crippen molar-refractivity contribution < 1.29 is 13.6 Å². The van der Waals surface area contributed by atoms with Crippen LogP contribution in [-0.4, -0.2) is 19.3 Å². The molecule has 5 heteroatoms. The Hall–Kier alpha value is -2.14. The van der Waals surface area contributed by atoms with E-state index in [1.165, 1.54) is 12.1 Å². The summed E-state index contributed by atoms with van der Waals surface area (Å²) in [5.41, 5.74) is 1.11. The van der Waals surface area contributed by atoms with Crippen LogP contribution in [0, 0.1) is 0 Å². The van der Waals surface area contributed by atoms with Gasteiger partial charge in [-0.25, -0.2) is 8.42 Å². The molecule has 0 radical (unpaired) electrons. The number of benzene rings is 2. The fourth-order valence-corrected chi connectivity index (χ4v) is 2.95. The average Bonchev–Trinajstić information content (AvgIpc) is 2.47. The lowest BCUT2D eigenvalue weighted by Crippen LogP contribution is -2.02. The predicted octanol–water partition coefficient (Wildman–Crippen LogP) is 2.72. The van der Waals surface area contributed by atoms with Gasteiger partial charge >= 0.3 is 0 Å². The first-order valence-corrected chi connectivity index (χ1v) is 7.13. The lowest BCUT2D eigenvalue weighted by molar-refractivity contribution is 0.319. The Bertz CT molecular complexity index is 689. The van der Waals surface area contributed by atoms with Crippen LogP contribution >= 0.6 is 0 Å². The quantitative estimate of drug-likeness (QED) is 0.532. The van der Waals surface area contributed by atoms with E-state index in [1.807, 2.05) is 0 Å². The van der Waals surface area contributed by atoms with E-state index in [0.29, 0.717) is 11.3 Å². The minimum Gasteiger partial charge on any atom is -0.411 e. The molecule has 0 heterocycles. The summed E-state index contributed by atoms with van der Waals surface area (Å²) in [6.45, 7) is 1.64. The monoisotopic (exact) mass is 275 g/mol. The van der Waals surface area contributed by atoms with Gasteiger partial charge in [0, 0.05) is 0 Å². The zero-order valence-electron chi connectivity index (χ0n) is 10.3. The van der Waals surface area contributed by atoms with Gasteiger partial charge in [-0.1, -0.05) is 35.5 Å². The van der Waals surface area contributed by atoms with Gasteiger partial charge in [-0.15, -0.1) is 0 Å². The highest BCUT2D eigenvalue weighted by molar-refractivity contribution is 7.91. The molecule has 0 saturated carbocycles. The largest absolute Gasteiger partial charge is 0.411 e. The number of hydrogen-bond acceptors (Lipinski definition) is 4. The molecule has 98 valence electrons. The Kier molecular flexibility index (Phi) is 3.66. The van der Waals surface area contributed by atoms with E-state index in [-0.39, 0.29) is 9.79 Å². The van der Waals surface area contributed by atoms with Gasteiger partial charge in [-0.05, 0) is 36.8 Å². The van der Waals surface area contributed by atoms with Crippen LogP contribution in [0.1, 0.15) is 12.5 Å². The molecule has 0 aliphatic carbocycles. The van der Waals surface area contributed by atoms with E-state index < -0.39 is 9.84 Å². The van der Waals surface area contributed by atoms with Gasteiger partial charge in [-0.3, -0.25) is 0 Å². The zero-order chi connectivity index (χ0) is 13.9. The van der Waals surface area contributed by atoms with Crippen LogP contribution in [0.5, 0.6) is 0 Å². The van der Waals surface area contributed by atoms with Crippen molar-refractivity contribution >= 4 is 15.5 Å². The van der Waals surface area contributed by atoms with Crippen LogP contribution in [0.25, 0.3) is 0 Å². The second-order valence-corrected chi connectivity index (χ2v) is 5.98. The first kappa shape index (κ1) is 13.3. The van der Waals surface area contributed by atoms with E-state index in [9.17, 15) is 8.42 Å². The van der Waals surface area contributed by atoms with Crippen molar-refractivity contribution in [2.45, 2.75) is 16.7 Å². The van der Waals surface area contributed by atoms with Crippen LogP contribution in [0.4, 0.5) is 0 Å². The van der Waals surface area contributed by atoms with Crippen molar-refractivity contribution in [1.29, 1.82) is 0 Å². The molecule has 0 aliphatic rings. The maximum absolute atomic E-state index is 12.3. The molecule has 2 aromatic rings. The molecule has 0 aliphatic heterocycles. The summed E-state index contributed by atoms with van der Waals surface area (Å²) >= 11 is 0. The van der Waals surface area contributed by atoms with E-state index in [0.717, 1.165) is 0 Å². The van der Waals surface area contributed by atoms with E-state index >= 15 is 0 Å². The molecule has 0 saturated heterocycles. The average molecular weight is 275 g/mol. The Morgan fingerprint density at radius 1 is 0.947 bits per heavy atom. The third-order valence-electron chi connectivity index (χ3n) is 2.79. The van der Waals surface area contributed by atoms with Crippen LogP contribution in [0.15, 0.2) is 69.5 Å². The first-order valence-electron chi connectivity index (χ1n) is 5.65. The van der Waals surface area contributed by atoms with Crippen molar-refractivity contribution in [2.75, 3.05) is 0 Å². The summed E-state index contributed by atoms with van der Waals surface area (Å²) in [6, 6.07) is 14.5. The summed E-state index contributed by atoms with van der Waals surface area (Å²) in [4.78, 5) is 0.475. The van der Waals surface area contributed by atoms with Gasteiger partial charge in [0.05, 0.1) is 15.5 Å². The predicted molar refractivity (Wildman–Crippen MR) is 72.3 cm³/mol. The summed E-state index contributed by atoms with van der Waals surface area (Å²) in [5.74, 6) is 0. The normalized spacial score (nSPS) is 12.4. The highest BCUT2D eigenvalue weighted by Gasteiger charge is 2.16. The highest BCUT2D eigenvalue weighted by atomic mass is 32.2. The summed E-state index contributed by atoms with van der Waals surface area (Å²) in [5, 5.41) is 11.7. The number of nitrogens with zero attached hydrogens (tertiary/aromatic N) is 1. The summed E-state index contributed by atoms with van der Waals surface area (Å²) in [7, 11) is -3.49. The number of oxime groups is 1. The zero-order valence-corrected chi connectivity index (χ0v) is 11.1. The van der Waals surface area contributed by atoms with Crippen molar-refractivity contribution in [3.05, 3.63) is 60.2 Å². The Labute approximate surface area is 111 Å². The highest BCUT2D eigenvalue weighted by Crippen LogP contribution is 2.20. The molecule has 0 amide bonds. The van der Waals surface area contributed by atoms with Crippen LogP contribution in [0.3, 0.4) is 0 Å². The molecule has 0 spiro atoms. The lowest BCUT2D eigenvalue weighted by atomic mass is 10.1. The topological polar surface area (TPSA) is 66.7 Å². The third-order valence-corrected chi connectivity index (χ3v) is 4.57. The van der Waals surface area contributed by atoms with E-state index in [1.54, 1.807) is 49.4 Å². The summed E-state index contributed by atoms with van der Waals surface area (Å²) < 4.78 is 24.6. The summed E-state index contributed by atoms with van der Waals surface area (Å²) in [6.07, 6.45) is 0. The molecular formula is C14H13NO3S. The lowest BCUT2D eigenvalue weighted by Gasteiger charge is -2.05. The second kappa shape index (κ2) is 5.24. The number of hydrogen-bond donors (Lipinski definition) is 1. The minimum absolute atomic E-state index is 0.216. The Balaban J connectivity index is 2.43. The van der Waals surface area contributed by atoms with Crippen molar-refractivity contribution in [3.63, 3.8) is 0 Å². The minimum atomic E-state index is -3.49. The number of sulfone groups is 1. The molecule has 0 fully saturated rings. The molecule has 0 unspecified atom stereocenters. The van der Waals surface area contributed by atoms with Gasteiger partial charge < -0.3 is 5.21 Å². The van der Waals surface area contributed by atoms with Gasteiger partial charge in [0.25, 0.3) is 0 Å². The maximum atomic E-state index is 12.3. The van der Waals surface area contributed by atoms with Crippen molar-refractivity contribution in [2.24, 2.45) is 5.16 Å². The molecular weight excluding hydrogens is 262 g/mol. The molecule has 1 N–H and O–H groups in total. The van der Waals surface area contributed by atoms with Crippen LogP contribution < -0.4 is 0 Å². The molecule has 2 rings (SSSR count). The standard InChI is InChI=1S/C14H13NO3S/c1-11(15-16)12-7-9-14(10-8-12)19(17,18)13-5-3-2-4-6-13/h2-10,16H,1H3. The second-order valence-electron chi connectivity index (χ2n) is 4.03. The molecule has 4 nitrogen and oxygen atoms in total. The number of rotatable bonds is 3. The maximum Gasteiger partial charge on any atom is 0.206 e. The van der Waals surface area contributed by atoms with Crippen molar-refractivity contribution in [3.8, 4) is 0 Å². The fraction of sp³-hybridized carbons (Fsp3) is 0.0714. The molecule has 2 aromatic carbocycles. The van der Waals surface area contributed by atoms with Gasteiger partial charge in [0.1, 0.15) is 0 Å². The van der Waals surface area contributed by atoms with Crippen LogP contribution in [-0.2, 0) is 9.84 Å². The Morgan fingerprint density at radius 3 is 2.00 bits per heavy atom. The molecule has 0 aromatic heterocycles. The smallest absolute Gasteiger partial charge is 0.206 e. The Morgan fingerprint density at radius 2 is 1.47 bits per heavy atom. The van der Waals surface area contributed by atoms with Crippen molar-refractivity contribution in [1.82, 2.24) is 0 Å². The molecule has 0 bridgehead atoms. The SMILES string of the molecule is CC(=NO)c1ccc(S(=O)(=O)c2ccccc2)cc1. The van der Waals surface area contributed by atoms with Gasteiger partial charge in [-0.2, -0.15) is 0 Å². The third kappa shape index (κ3) is 2.66. The molecule has 19 heavy (non-hydrogen) atoms. The fourth-order valence-electron chi connectivity index (χ4n) is 1.67.